The van der Waals surface area contributed by atoms with E-state index in [2.05, 4.69) is 6.58 Å². The van der Waals surface area contributed by atoms with Gasteiger partial charge in [-0.1, -0.05) is 52.8 Å². The van der Waals surface area contributed by atoms with Gasteiger partial charge in [0, 0.05) is 56.5 Å². The van der Waals surface area contributed by atoms with E-state index in [1.807, 2.05) is 26.0 Å². The average Bonchev–Trinajstić information content (AvgIpc) is 3.18. The first kappa shape index (κ1) is 47.9. The van der Waals surface area contributed by atoms with Crippen LogP contribution < -0.4 is 0 Å². The van der Waals surface area contributed by atoms with E-state index >= 15 is 0 Å². The van der Waals surface area contributed by atoms with Gasteiger partial charge in [0.2, 0.25) is 5.79 Å². The van der Waals surface area contributed by atoms with Gasteiger partial charge in [0.1, 0.15) is 12.1 Å². The van der Waals surface area contributed by atoms with Crippen molar-refractivity contribution in [3.8, 4) is 0 Å². The minimum absolute atomic E-state index is 0.00724. The summed E-state index contributed by atoms with van der Waals surface area (Å²) in [5.41, 5.74) is -0.197. The SMILES string of the molecule is C=CC/C1=C\C(C)C[C@H](C)C[C@H](OC)[C@H]2O[C@@](O)(C(=O)C(=O)N3CCCC[C@H]3C(=O)O[C@H](C(C)=C[C@@H]3CC[C@@H](O)[C@H](CO)C3)[C@H](C)[C@@H](O)CC1=O)C(C)(C)C[C@@H]2CO. The number of amides is 1. The van der Waals surface area contributed by atoms with Crippen molar-refractivity contribution < 1.29 is 58.9 Å². The average molecular weight is 818 g/mol. The van der Waals surface area contributed by atoms with Crippen LogP contribution in [0.1, 0.15) is 112 Å². The number of carbonyl (C=O) groups is 4. The first-order valence-corrected chi connectivity index (χ1v) is 21.4. The fourth-order valence-electron chi connectivity index (χ4n) is 9.93. The highest BCUT2D eigenvalue weighted by molar-refractivity contribution is 6.39. The van der Waals surface area contributed by atoms with Crippen LogP contribution in [0.25, 0.3) is 0 Å². The Morgan fingerprint density at radius 1 is 0.983 bits per heavy atom. The molecule has 58 heavy (non-hydrogen) atoms. The maximum absolute atomic E-state index is 14.4. The topological polar surface area (TPSA) is 200 Å². The van der Waals surface area contributed by atoms with Gasteiger partial charge in [0.15, 0.2) is 5.78 Å². The molecule has 0 aromatic carbocycles. The van der Waals surface area contributed by atoms with E-state index in [0.717, 1.165) is 4.90 Å². The number of fused-ring (bicyclic) bond motifs is 3. The number of ketones is 2. The lowest BCUT2D eigenvalue weighted by Crippen LogP contribution is -2.67. The van der Waals surface area contributed by atoms with Crippen LogP contribution >= 0.6 is 0 Å². The van der Waals surface area contributed by atoms with Crippen LogP contribution in [-0.2, 0) is 33.4 Å². The van der Waals surface area contributed by atoms with Crippen molar-refractivity contribution >= 4 is 23.4 Å². The lowest BCUT2D eigenvalue weighted by molar-refractivity contribution is -0.319. The number of cyclic esters (lactones) is 1. The molecule has 0 radical (unpaired) electrons. The Morgan fingerprint density at radius 2 is 1.67 bits per heavy atom. The van der Waals surface area contributed by atoms with Crippen molar-refractivity contribution in [2.75, 3.05) is 26.9 Å². The molecule has 5 N–H and O–H groups in total. The summed E-state index contributed by atoms with van der Waals surface area (Å²) < 4.78 is 18.5. The van der Waals surface area contributed by atoms with Crippen molar-refractivity contribution in [2.45, 2.75) is 155 Å². The molecule has 3 heterocycles. The number of Topliss-reactive ketones (excluding diaryl/α,β-unsaturated/α-hetero) is 2. The van der Waals surface area contributed by atoms with Crippen LogP contribution in [0.15, 0.2) is 36.0 Å². The molecule has 2 bridgehead atoms. The summed E-state index contributed by atoms with van der Waals surface area (Å²) >= 11 is 0. The molecular weight excluding hydrogens is 746 g/mol. The van der Waals surface area contributed by atoms with Gasteiger partial charge in [-0.15, -0.1) is 6.58 Å². The molecule has 1 aliphatic carbocycles. The first-order valence-electron chi connectivity index (χ1n) is 21.4. The van der Waals surface area contributed by atoms with Crippen molar-refractivity contribution in [1.82, 2.24) is 4.90 Å². The Hall–Kier alpha value is -2.78. The fraction of sp³-hybridized carbons (Fsp3) is 0.778. The zero-order valence-electron chi connectivity index (χ0n) is 35.8. The maximum atomic E-state index is 14.4. The maximum Gasteiger partial charge on any atom is 0.329 e. The number of aliphatic hydroxyl groups is 5. The highest BCUT2D eigenvalue weighted by atomic mass is 16.7. The van der Waals surface area contributed by atoms with E-state index in [-0.39, 0.29) is 74.9 Å². The molecule has 0 aromatic heterocycles. The number of methoxy groups -OCH3 is 1. The Bertz CT molecular complexity index is 1520. The molecule has 0 aromatic rings. The Kier molecular flexibility index (Phi) is 17.1. The van der Waals surface area contributed by atoms with Crippen LogP contribution in [0.5, 0.6) is 0 Å². The van der Waals surface area contributed by atoms with Crippen LogP contribution in [0.3, 0.4) is 0 Å². The third-order valence-corrected chi connectivity index (χ3v) is 13.4. The summed E-state index contributed by atoms with van der Waals surface area (Å²) in [6, 6.07) is -1.18. The molecular formula is C45H71NO12. The molecule has 4 aliphatic rings. The lowest BCUT2D eigenvalue weighted by Gasteiger charge is -2.52. The van der Waals surface area contributed by atoms with Crippen LogP contribution in [0.4, 0.5) is 0 Å². The molecule has 13 heteroatoms. The summed E-state index contributed by atoms with van der Waals surface area (Å²) in [7, 11) is 1.50. The Morgan fingerprint density at radius 3 is 2.31 bits per heavy atom. The number of ether oxygens (including phenoxy) is 3. The number of piperidine rings is 1. The Balaban J connectivity index is 1.80. The molecule has 1 unspecified atom stereocenters. The van der Waals surface area contributed by atoms with E-state index in [0.29, 0.717) is 56.1 Å². The smallest absolute Gasteiger partial charge is 0.329 e. The fourth-order valence-corrected chi connectivity index (χ4v) is 9.93. The van der Waals surface area contributed by atoms with Crippen LogP contribution in [-0.4, -0.2) is 123 Å². The van der Waals surface area contributed by atoms with Crippen molar-refractivity contribution in [3.05, 3.63) is 36.0 Å². The van der Waals surface area contributed by atoms with Gasteiger partial charge in [-0.25, -0.2) is 4.79 Å². The zero-order valence-corrected chi connectivity index (χ0v) is 35.8. The van der Waals surface area contributed by atoms with Gasteiger partial charge in [0.05, 0.1) is 24.4 Å². The molecule has 1 amide bonds. The second-order valence-electron chi connectivity index (χ2n) is 18.5. The number of aliphatic hydroxyl groups excluding tert-OH is 4. The second-order valence-corrected chi connectivity index (χ2v) is 18.5. The van der Waals surface area contributed by atoms with Crippen LogP contribution in [0, 0.1) is 40.9 Å². The molecule has 13 atom stereocenters. The molecule has 13 nitrogen and oxygen atoms in total. The number of allylic oxidation sites excluding steroid dienone is 4. The highest BCUT2D eigenvalue weighted by Crippen LogP contribution is 2.48. The molecule has 4 rings (SSSR count). The molecule has 3 fully saturated rings. The van der Waals surface area contributed by atoms with Crippen molar-refractivity contribution in [1.29, 1.82) is 0 Å². The van der Waals surface area contributed by atoms with Gasteiger partial charge in [-0.3, -0.25) is 14.4 Å². The third-order valence-electron chi connectivity index (χ3n) is 13.4. The largest absolute Gasteiger partial charge is 0.456 e. The lowest BCUT2D eigenvalue weighted by atomic mass is 9.68. The summed E-state index contributed by atoms with van der Waals surface area (Å²) in [6.07, 6.45) is 5.11. The number of esters is 1. The van der Waals surface area contributed by atoms with Gasteiger partial charge in [-0.05, 0) is 100 Å². The summed E-state index contributed by atoms with van der Waals surface area (Å²) in [4.78, 5) is 58.1. The Labute approximate surface area is 344 Å². The standard InChI is InChI=1S/C45H71NO12/c1-9-12-31-18-26(2)17-27(3)19-38(56-8)40-33(25-48)23-44(6,7)45(55,58-40)41(52)42(53)46-16-11-10-13-34(46)43(54)57-39(29(5)36(50)22-37(31)51)28(4)20-30-14-15-35(49)32(21-30)24-47/h9,18,20,26-27,29-30,32-36,38-40,47-50,55H,1,10-17,19,21-25H2,2-8H3/b28-20?,31-18+/t26?,27-,29+,30-,32-,33+,34-,35+,36-,38-,39+,40-,45-/m0/s1. The minimum Gasteiger partial charge on any atom is -0.456 e. The van der Waals surface area contributed by atoms with Crippen molar-refractivity contribution in [2.24, 2.45) is 40.9 Å². The van der Waals surface area contributed by atoms with Gasteiger partial charge in [0.25, 0.3) is 11.7 Å². The number of nitrogens with zero attached hydrogens (tertiary/aromatic N) is 1. The summed E-state index contributed by atoms with van der Waals surface area (Å²) in [5, 5.41) is 54.8. The van der Waals surface area contributed by atoms with E-state index < -0.39 is 77.3 Å². The van der Waals surface area contributed by atoms with E-state index in [9.17, 15) is 44.7 Å². The van der Waals surface area contributed by atoms with Gasteiger partial charge < -0.3 is 44.6 Å². The van der Waals surface area contributed by atoms with E-state index in [1.54, 1.807) is 33.8 Å². The summed E-state index contributed by atoms with van der Waals surface area (Å²) in [6.45, 7) is 14.2. The molecule has 3 aliphatic heterocycles. The number of carbonyl (C=O) groups excluding carboxylic acids is 4. The quantitative estimate of drug-likeness (QED) is 0.140. The second kappa shape index (κ2) is 20.7. The zero-order chi connectivity index (χ0) is 43.1. The third kappa shape index (κ3) is 10.9. The van der Waals surface area contributed by atoms with Crippen molar-refractivity contribution in [3.63, 3.8) is 0 Å². The van der Waals surface area contributed by atoms with E-state index in [1.165, 1.54) is 7.11 Å². The monoisotopic (exact) mass is 817 g/mol. The first-order chi connectivity index (χ1) is 27.3. The molecule has 2 saturated heterocycles. The molecule has 1 saturated carbocycles. The van der Waals surface area contributed by atoms with E-state index in [4.69, 9.17) is 14.2 Å². The summed E-state index contributed by atoms with van der Waals surface area (Å²) in [5.74, 6) is -7.72. The predicted molar refractivity (Wildman–Crippen MR) is 217 cm³/mol. The van der Waals surface area contributed by atoms with Crippen LogP contribution in [0.2, 0.25) is 0 Å². The number of hydrogen-bond acceptors (Lipinski definition) is 12. The normalized spacial score (nSPS) is 40.1. The minimum atomic E-state index is -2.61. The predicted octanol–water partition coefficient (Wildman–Crippen LogP) is 4.22. The highest BCUT2D eigenvalue weighted by Gasteiger charge is 2.61. The molecule has 328 valence electrons. The number of rotatable bonds is 7. The number of hydrogen-bond donors (Lipinski definition) is 5. The molecule has 0 spiro atoms. The van der Waals surface area contributed by atoms with Gasteiger partial charge >= 0.3 is 5.97 Å². The van der Waals surface area contributed by atoms with Gasteiger partial charge in [-0.2, -0.15) is 0 Å².